The summed E-state index contributed by atoms with van der Waals surface area (Å²) in [6.45, 7) is 9.13. The number of hydrogen-bond acceptors (Lipinski definition) is 0. The van der Waals surface area contributed by atoms with Crippen LogP contribution in [0.2, 0.25) is 0 Å². The van der Waals surface area contributed by atoms with E-state index in [2.05, 4.69) is 27.7 Å². The van der Waals surface area contributed by atoms with E-state index in [0.717, 1.165) is 5.88 Å². The zero-order chi connectivity index (χ0) is 10.3. The summed E-state index contributed by atoms with van der Waals surface area (Å²) in [6, 6.07) is 0. The van der Waals surface area contributed by atoms with E-state index in [9.17, 15) is 0 Å². The Bertz CT molecular complexity index is 113. The minimum Gasteiger partial charge on any atom is -0.126 e. The zero-order valence-electron chi connectivity index (χ0n) is 9.70. The number of halogens is 1. The smallest absolute Gasteiger partial charge is 0.0256 e. The molecular formula is C12H25Cl. The lowest BCUT2D eigenvalue weighted by Gasteiger charge is -2.28. The highest BCUT2D eigenvalue weighted by atomic mass is 35.5. The van der Waals surface area contributed by atoms with Gasteiger partial charge in [0, 0.05) is 5.88 Å². The van der Waals surface area contributed by atoms with Crippen molar-refractivity contribution >= 4 is 11.6 Å². The summed E-state index contributed by atoms with van der Waals surface area (Å²) in [5.74, 6) is 1.50. The van der Waals surface area contributed by atoms with Gasteiger partial charge in [0.1, 0.15) is 0 Å². The summed E-state index contributed by atoms with van der Waals surface area (Å²) < 4.78 is 0. The molecule has 0 aliphatic carbocycles. The third-order valence-electron chi connectivity index (χ3n) is 2.82. The second-order valence-corrected chi connectivity index (χ2v) is 5.38. The fourth-order valence-corrected chi connectivity index (χ4v) is 2.18. The minimum atomic E-state index is 0.383. The lowest BCUT2D eigenvalue weighted by atomic mass is 9.79. The van der Waals surface area contributed by atoms with Crippen LogP contribution in [-0.2, 0) is 0 Å². The van der Waals surface area contributed by atoms with Crippen molar-refractivity contribution in [3.8, 4) is 0 Å². The Morgan fingerprint density at radius 1 is 1.08 bits per heavy atom. The molecule has 80 valence electrons. The molecule has 0 N–H and O–H groups in total. The average Bonchev–Trinajstić information content (AvgIpc) is 2.02. The van der Waals surface area contributed by atoms with Gasteiger partial charge in [0.25, 0.3) is 0 Å². The lowest BCUT2D eigenvalue weighted by molar-refractivity contribution is 0.244. The van der Waals surface area contributed by atoms with E-state index in [-0.39, 0.29) is 0 Å². The van der Waals surface area contributed by atoms with Gasteiger partial charge in [-0.1, -0.05) is 53.4 Å². The molecule has 0 aromatic heterocycles. The van der Waals surface area contributed by atoms with Crippen molar-refractivity contribution in [3.05, 3.63) is 0 Å². The molecule has 0 aromatic carbocycles. The molecule has 0 saturated heterocycles. The molecule has 0 amide bonds. The summed E-state index contributed by atoms with van der Waals surface area (Å²) in [5.41, 5.74) is 0.383. The molecule has 0 heterocycles. The van der Waals surface area contributed by atoms with Gasteiger partial charge in [-0.25, -0.2) is 0 Å². The normalized spacial score (nSPS) is 14.5. The van der Waals surface area contributed by atoms with Crippen molar-refractivity contribution in [1.29, 1.82) is 0 Å². The molecule has 1 unspecified atom stereocenters. The molecule has 0 aliphatic heterocycles. The molecule has 0 aromatic rings. The van der Waals surface area contributed by atoms with Gasteiger partial charge >= 0.3 is 0 Å². The van der Waals surface area contributed by atoms with Crippen LogP contribution in [0, 0.1) is 11.3 Å². The maximum absolute atomic E-state index is 5.97. The van der Waals surface area contributed by atoms with Crippen molar-refractivity contribution < 1.29 is 0 Å². The van der Waals surface area contributed by atoms with Gasteiger partial charge in [-0.2, -0.15) is 0 Å². The van der Waals surface area contributed by atoms with Gasteiger partial charge in [-0.3, -0.25) is 0 Å². The topological polar surface area (TPSA) is 0 Å². The van der Waals surface area contributed by atoms with Crippen LogP contribution in [0.1, 0.15) is 59.8 Å². The first-order chi connectivity index (χ1) is 6.02. The SMILES string of the molecule is CCCCCCC(CCl)C(C)(C)C. The highest BCUT2D eigenvalue weighted by molar-refractivity contribution is 6.18. The second-order valence-electron chi connectivity index (χ2n) is 5.07. The predicted molar refractivity (Wildman–Crippen MR) is 62.4 cm³/mol. The fourth-order valence-electron chi connectivity index (χ4n) is 1.56. The van der Waals surface area contributed by atoms with Gasteiger partial charge in [-0.15, -0.1) is 11.6 Å². The summed E-state index contributed by atoms with van der Waals surface area (Å²) in [6.07, 6.45) is 6.72. The largest absolute Gasteiger partial charge is 0.126 e. The molecular weight excluding hydrogens is 180 g/mol. The van der Waals surface area contributed by atoms with Crippen LogP contribution < -0.4 is 0 Å². The van der Waals surface area contributed by atoms with Crippen LogP contribution >= 0.6 is 11.6 Å². The molecule has 1 heteroatoms. The quantitative estimate of drug-likeness (QED) is 0.428. The second kappa shape index (κ2) is 6.70. The van der Waals surface area contributed by atoms with E-state index < -0.39 is 0 Å². The van der Waals surface area contributed by atoms with E-state index >= 15 is 0 Å². The van der Waals surface area contributed by atoms with Gasteiger partial charge in [0.15, 0.2) is 0 Å². The average molecular weight is 205 g/mol. The summed E-state index contributed by atoms with van der Waals surface area (Å²) in [5, 5.41) is 0. The first kappa shape index (κ1) is 13.3. The van der Waals surface area contributed by atoms with Crippen LogP contribution in [-0.4, -0.2) is 5.88 Å². The fraction of sp³-hybridized carbons (Fsp3) is 1.00. The molecule has 0 bridgehead atoms. The molecule has 0 aliphatic rings. The Hall–Kier alpha value is 0.290. The molecule has 13 heavy (non-hydrogen) atoms. The van der Waals surface area contributed by atoms with Gasteiger partial charge in [-0.05, 0) is 17.8 Å². The molecule has 0 saturated carbocycles. The van der Waals surface area contributed by atoms with E-state index in [4.69, 9.17) is 11.6 Å². The molecule has 0 nitrogen and oxygen atoms in total. The van der Waals surface area contributed by atoms with E-state index in [1.165, 1.54) is 32.1 Å². The van der Waals surface area contributed by atoms with E-state index in [1.54, 1.807) is 0 Å². The van der Waals surface area contributed by atoms with Crippen molar-refractivity contribution in [2.75, 3.05) is 5.88 Å². The van der Waals surface area contributed by atoms with Crippen LogP contribution in [0.5, 0.6) is 0 Å². The highest BCUT2D eigenvalue weighted by Crippen LogP contribution is 2.31. The maximum Gasteiger partial charge on any atom is 0.0256 e. The zero-order valence-corrected chi connectivity index (χ0v) is 10.5. The minimum absolute atomic E-state index is 0.383. The number of alkyl halides is 1. The monoisotopic (exact) mass is 204 g/mol. The van der Waals surface area contributed by atoms with Crippen LogP contribution in [0.3, 0.4) is 0 Å². The maximum atomic E-state index is 5.97. The Morgan fingerprint density at radius 2 is 1.69 bits per heavy atom. The Balaban J connectivity index is 3.61. The lowest BCUT2D eigenvalue weighted by Crippen LogP contribution is -2.21. The molecule has 0 radical (unpaired) electrons. The van der Waals surface area contributed by atoms with Crippen molar-refractivity contribution in [2.45, 2.75) is 59.8 Å². The van der Waals surface area contributed by atoms with Crippen LogP contribution in [0.4, 0.5) is 0 Å². The number of hydrogen-bond donors (Lipinski definition) is 0. The van der Waals surface area contributed by atoms with Crippen LogP contribution in [0.25, 0.3) is 0 Å². The van der Waals surface area contributed by atoms with Crippen molar-refractivity contribution in [2.24, 2.45) is 11.3 Å². The van der Waals surface area contributed by atoms with E-state index in [0.29, 0.717) is 11.3 Å². The first-order valence-electron chi connectivity index (χ1n) is 5.58. The molecule has 0 rings (SSSR count). The predicted octanol–water partition coefficient (Wildman–Crippen LogP) is 4.86. The third kappa shape index (κ3) is 6.37. The Labute approximate surface area is 89.1 Å². The van der Waals surface area contributed by atoms with E-state index in [1.807, 2.05) is 0 Å². The standard InChI is InChI=1S/C12H25Cl/c1-5-6-7-8-9-11(10-13)12(2,3)4/h11H,5-10H2,1-4H3. The summed E-state index contributed by atoms with van der Waals surface area (Å²) >= 11 is 5.97. The number of rotatable bonds is 6. The first-order valence-corrected chi connectivity index (χ1v) is 6.11. The highest BCUT2D eigenvalue weighted by Gasteiger charge is 2.22. The summed E-state index contributed by atoms with van der Waals surface area (Å²) in [4.78, 5) is 0. The molecule has 1 atom stereocenters. The van der Waals surface area contributed by atoms with Gasteiger partial charge < -0.3 is 0 Å². The Kier molecular flexibility index (Phi) is 6.85. The van der Waals surface area contributed by atoms with Gasteiger partial charge in [0.05, 0.1) is 0 Å². The number of unbranched alkanes of at least 4 members (excludes halogenated alkanes) is 3. The third-order valence-corrected chi connectivity index (χ3v) is 3.19. The molecule has 0 fully saturated rings. The van der Waals surface area contributed by atoms with Crippen molar-refractivity contribution in [1.82, 2.24) is 0 Å². The van der Waals surface area contributed by atoms with Crippen molar-refractivity contribution in [3.63, 3.8) is 0 Å². The molecule has 0 spiro atoms. The van der Waals surface area contributed by atoms with Crippen LogP contribution in [0.15, 0.2) is 0 Å². The Morgan fingerprint density at radius 3 is 2.08 bits per heavy atom. The summed E-state index contributed by atoms with van der Waals surface area (Å²) in [7, 11) is 0. The van der Waals surface area contributed by atoms with Gasteiger partial charge in [0.2, 0.25) is 0 Å².